The molecule has 2 aliphatic heterocycles. The summed E-state index contributed by atoms with van der Waals surface area (Å²) in [6, 6.07) is 22.1. The minimum atomic E-state index is -0.512. The van der Waals surface area contributed by atoms with Crippen LogP contribution in [0.15, 0.2) is 77.5 Å². The van der Waals surface area contributed by atoms with Crippen molar-refractivity contribution in [2.45, 2.75) is 24.9 Å². The molecule has 1 aromatic heterocycles. The summed E-state index contributed by atoms with van der Waals surface area (Å²) in [5.74, 6) is -0.305. The maximum Gasteiger partial charge on any atom is 0.416 e. The molecular weight excluding hydrogens is 420 g/mol. The molecule has 0 aliphatic carbocycles. The van der Waals surface area contributed by atoms with E-state index >= 15 is 0 Å². The van der Waals surface area contributed by atoms with E-state index in [9.17, 15) is 9.59 Å². The van der Waals surface area contributed by atoms with Crippen LogP contribution in [0, 0.1) is 5.92 Å². The monoisotopic (exact) mass is 446 g/mol. The molecule has 164 valence electrons. The molecular formula is C26H26N2O3S. The normalized spacial score (nSPS) is 23.4. The Kier molecular flexibility index (Phi) is 6.06. The Hall–Kier alpha value is -2.96. The fourth-order valence-corrected chi connectivity index (χ4v) is 5.60. The predicted molar refractivity (Wildman–Crippen MR) is 124 cm³/mol. The highest BCUT2D eigenvalue weighted by atomic mass is 32.1. The van der Waals surface area contributed by atoms with E-state index in [0.29, 0.717) is 13.0 Å². The maximum absolute atomic E-state index is 13.8. The third-order valence-corrected chi connectivity index (χ3v) is 7.15. The zero-order valence-corrected chi connectivity index (χ0v) is 18.6. The molecule has 0 saturated carbocycles. The van der Waals surface area contributed by atoms with Crippen molar-refractivity contribution in [1.82, 2.24) is 9.80 Å². The second-order valence-electron chi connectivity index (χ2n) is 8.58. The number of rotatable bonds is 6. The molecule has 0 spiro atoms. The lowest BCUT2D eigenvalue weighted by molar-refractivity contribution is -0.133. The van der Waals surface area contributed by atoms with Crippen LogP contribution in [0.4, 0.5) is 4.79 Å². The van der Waals surface area contributed by atoms with Gasteiger partial charge in [0.05, 0.1) is 12.0 Å². The number of hydrogen-bond acceptors (Lipinski definition) is 5. The van der Waals surface area contributed by atoms with Crippen LogP contribution < -0.4 is 0 Å². The highest BCUT2D eigenvalue weighted by Crippen LogP contribution is 2.37. The molecule has 2 aromatic carbocycles. The van der Waals surface area contributed by atoms with Crippen molar-refractivity contribution in [3.63, 3.8) is 0 Å². The van der Waals surface area contributed by atoms with Gasteiger partial charge in [-0.05, 0) is 39.9 Å². The minimum absolute atomic E-state index is 0.0724. The molecule has 0 unspecified atom stereocenters. The van der Waals surface area contributed by atoms with Gasteiger partial charge in [-0.25, -0.2) is 9.69 Å². The van der Waals surface area contributed by atoms with Crippen LogP contribution in [-0.4, -0.2) is 47.5 Å². The number of ether oxygens (including phenoxy) is 1. The SMILES string of the molecule is O=C1OC[C@H](Cc2ccccc2)N1C(=O)[C@@H]1CN(Cc2ccccc2)C[C@@H]1c1ccsc1. The van der Waals surface area contributed by atoms with Crippen molar-refractivity contribution in [2.24, 2.45) is 5.92 Å². The first-order valence-electron chi connectivity index (χ1n) is 11.0. The van der Waals surface area contributed by atoms with E-state index in [4.69, 9.17) is 4.74 Å². The van der Waals surface area contributed by atoms with E-state index in [1.807, 2.05) is 48.5 Å². The van der Waals surface area contributed by atoms with Gasteiger partial charge in [0.25, 0.3) is 0 Å². The molecule has 3 heterocycles. The van der Waals surface area contributed by atoms with Gasteiger partial charge in [-0.2, -0.15) is 11.3 Å². The van der Waals surface area contributed by atoms with Crippen LogP contribution in [0.3, 0.4) is 0 Å². The average Bonchev–Trinajstić information content (AvgIpc) is 3.55. The van der Waals surface area contributed by atoms with Crippen molar-refractivity contribution in [3.8, 4) is 0 Å². The summed E-state index contributed by atoms with van der Waals surface area (Å²) in [4.78, 5) is 30.1. The average molecular weight is 447 g/mol. The summed E-state index contributed by atoms with van der Waals surface area (Å²) in [6.45, 7) is 2.48. The summed E-state index contributed by atoms with van der Waals surface area (Å²) in [6.07, 6.45) is 0.100. The number of carbonyl (C=O) groups excluding carboxylic acids is 2. The third-order valence-electron chi connectivity index (χ3n) is 6.45. The molecule has 32 heavy (non-hydrogen) atoms. The molecule has 6 heteroatoms. The van der Waals surface area contributed by atoms with Crippen LogP contribution in [0.2, 0.25) is 0 Å². The fraction of sp³-hybridized carbons (Fsp3) is 0.308. The molecule has 3 aromatic rings. The second kappa shape index (κ2) is 9.27. The number of likely N-dealkylation sites (tertiary alicyclic amines) is 1. The van der Waals surface area contributed by atoms with Crippen molar-refractivity contribution in [3.05, 3.63) is 94.2 Å². The van der Waals surface area contributed by atoms with Crippen molar-refractivity contribution in [2.75, 3.05) is 19.7 Å². The third kappa shape index (κ3) is 4.33. The van der Waals surface area contributed by atoms with Crippen LogP contribution >= 0.6 is 11.3 Å². The Balaban J connectivity index is 1.37. The van der Waals surface area contributed by atoms with Gasteiger partial charge in [0.15, 0.2) is 0 Å². The molecule has 5 rings (SSSR count). The van der Waals surface area contributed by atoms with Gasteiger partial charge in [0.1, 0.15) is 6.61 Å². The van der Waals surface area contributed by atoms with E-state index in [-0.39, 0.29) is 30.4 Å². The number of thiophene rings is 1. The maximum atomic E-state index is 13.8. The number of nitrogens with zero attached hydrogens (tertiary/aromatic N) is 2. The first-order chi connectivity index (χ1) is 15.7. The Morgan fingerprint density at radius 1 is 0.969 bits per heavy atom. The summed E-state index contributed by atoms with van der Waals surface area (Å²) < 4.78 is 5.33. The predicted octanol–water partition coefficient (Wildman–Crippen LogP) is 4.55. The summed E-state index contributed by atoms with van der Waals surface area (Å²) in [5, 5.41) is 4.18. The van der Waals surface area contributed by atoms with Gasteiger partial charge in [0, 0.05) is 25.6 Å². The van der Waals surface area contributed by atoms with Gasteiger partial charge >= 0.3 is 6.09 Å². The summed E-state index contributed by atoms with van der Waals surface area (Å²) in [5.41, 5.74) is 3.50. The number of amides is 2. The molecule has 5 nitrogen and oxygen atoms in total. The van der Waals surface area contributed by atoms with E-state index in [1.165, 1.54) is 16.0 Å². The van der Waals surface area contributed by atoms with E-state index < -0.39 is 6.09 Å². The molecule has 0 N–H and O–H groups in total. The summed E-state index contributed by atoms with van der Waals surface area (Å²) >= 11 is 1.65. The fourth-order valence-electron chi connectivity index (χ4n) is 4.88. The van der Waals surface area contributed by atoms with Gasteiger partial charge in [-0.15, -0.1) is 0 Å². The zero-order valence-electron chi connectivity index (χ0n) is 17.8. The van der Waals surface area contributed by atoms with Gasteiger partial charge in [-0.3, -0.25) is 9.69 Å². The summed E-state index contributed by atoms with van der Waals surface area (Å²) in [7, 11) is 0. The van der Waals surface area contributed by atoms with Crippen LogP contribution in [0.25, 0.3) is 0 Å². The van der Waals surface area contributed by atoms with Gasteiger partial charge in [-0.1, -0.05) is 60.7 Å². The largest absolute Gasteiger partial charge is 0.447 e. The first-order valence-corrected chi connectivity index (χ1v) is 12.0. The molecule has 3 atom stereocenters. The van der Waals surface area contributed by atoms with Gasteiger partial charge in [0.2, 0.25) is 5.91 Å². The molecule has 2 saturated heterocycles. The highest BCUT2D eigenvalue weighted by Gasteiger charge is 2.46. The Morgan fingerprint density at radius 2 is 1.69 bits per heavy atom. The smallest absolute Gasteiger partial charge is 0.416 e. The molecule has 0 bridgehead atoms. The van der Waals surface area contributed by atoms with Crippen molar-refractivity contribution in [1.29, 1.82) is 0 Å². The minimum Gasteiger partial charge on any atom is -0.447 e. The number of cyclic esters (lactones) is 1. The molecule has 2 aliphatic rings. The highest BCUT2D eigenvalue weighted by molar-refractivity contribution is 7.08. The Bertz CT molecular complexity index is 1060. The Morgan fingerprint density at radius 3 is 2.38 bits per heavy atom. The van der Waals surface area contributed by atoms with Crippen LogP contribution in [0.5, 0.6) is 0 Å². The molecule has 2 amide bonds. The van der Waals surface area contributed by atoms with Crippen LogP contribution in [0.1, 0.15) is 22.6 Å². The standard InChI is InChI=1S/C26H26N2O3S/c29-25(28-22(17-31-26(28)30)13-19-7-3-1-4-8-19)24-16-27(14-20-9-5-2-6-10-20)15-23(24)21-11-12-32-18-21/h1-12,18,22-24H,13-17H2/t22-,23+,24+/m0/s1. The van der Waals surface area contributed by atoms with Crippen LogP contribution in [-0.2, 0) is 22.5 Å². The number of carbonyl (C=O) groups is 2. The lowest BCUT2D eigenvalue weighted by Crippen LogP contribution is -2.45. The lowest BCUT2D eigenvalue weighted by Gasteiger charge is -2.25. The number of benzene rings is 2. The van der Waals surface area contributed by atoms with Crippen molar-refractivity contribution >= 4 is 23.3 Å². The quantitative estimate of drug-likeness (QED) is 0.557. The topological polar surface area (TPSA) is 49.9 Å². The number of hydrogen-bond donors (Lipinski definition) is 0. The molecule has 2 fully saturated rings. The van der Waals surface area contributed by atoms with Gasteiger partial charge < -0.3 is 4.74 Å². The second-order valence-corrected chi connectivity index (χ2v) is 9.36. The first kappa shape index (κ1) is 20.9. The zero-order chi connectivity index (χ0) is 21.9. The van der Waals surface area contributed by atoms with E-state index in [2.05, 4.69) is 33.9 Å². The molecule has 0 radical (unpaired) electrons. The van der Waals surface area contributed by atoms with E-state index in [0.717, 1.165) is 18.7 Å². The Labute approximate surface area is 192 Å². The van der Waals surface area contributed by atoms with Crippen molar-refractivity contribution < 1.29 is 14.3 Å². The lowest BCUT2D eigenvalue weighted by atomic mass is 9.89. The number of imide groups is 1. The van der Waals surface area contributed by atoms with E-state index in [1.54, 1.807) is 11.3 Å².